The molecule has 0 saturated heterocycles. The van der Waals surface area contributed by atoms with Crippen molar-refractivity contribution in [3.63, 3.8) is 0 Å². The molecule has 0 aliphatic carbocycles. The van der Waals surface area contributed by atoms with Crippen LogP contribution in [0.1, 0.15) is 0 Å². The van der Waals surface area contributed by atoms with Gasteiger partial charge in [0, 0.05) is 5.56 Å². The van der Waals surface area contributed by atoms with Crippen molar-refractivity contribution >= 4 is 39.2 Å². The lowest BCUT2D eigenvalue weighted by Gasteiger charge is -2.07. The van der Waals surface area contributed by atoms with E-state index >= 15 is 0 Å². The highest BCUT2D eigenvalue weighted by Gasteiger charge is 2.24. The van der Waals surface area contributed by atoms with Crippen LogP contribution in [0.25, 0.3) is 11.5 Å². The molecule has 1 aromatic heterocycles. The molecular weight excluding hydrogens is 405 g/mol. The molecule has 0 atom stereocenters. The van der Waals surface area contributed by atoms with E-state index < -0.39 is 10.0 Å². The Morgan fingerprint density at radius 2 is 1.73 bits per heavy atom. The Morgan fingerprint density at radius 1 is 1.00 bits per heavy atom. The molecule has 4 rings (SSSR count). The fraction of sp³-hybridized carbons (Fsp3) is 0.0667. The first-order valence-electron chi connectivity index (χ1n) is 7.14. The first-order valence-corrected chi connectivity index (χ1v) is 9.38. The molecule has 8 nitrogen and oxygen atoms in total. The zero-order valence-corrected chi connectivity index (χ0v) is 15.1. The number of ether oxygens (including phenoxy) is 2. The van der Waals surface area contributed by atoms with Crippen LogP contribution in [0.5, 0.6) is 11.5 Å². The lowest BCUT2D eigenvalue weighted by molar-refractivity contribution is 0.174. The van der Waals surface area contributed by atoms with E-state index in [2.05, 4.69) is 14.9 Å². The summed E-state index contributed by atoms with van der Waals surface area (Å²) in [6, 6.07) is 9.06. The molecule has 2 heterocycles. The first-order chi connectivity index (χ1) is 12.4. The molecule has 3 aromatic rings. The van der Waals surface area contributed by atoms with Gasteiger partial charge in [0.15, 0.2) is 11.5 Å². The van der Waals surface area contributed by atoms with Gasteiger partial charge >= 0.3 is 6.01 Å². The largest absolute Gasteiger partial charge is 0.454 e. The van der Waals surface area contributed by atoms with Crippen LogP contribution in [0.3, 0.4) is 0 Å². The molecule has 1 aliphatic heterocycles. The molecule has 11 heteroatoms. The standard InChI is InChI=1S/C15H9Cl2N3O5S/c16-9-2-1-3-10(17)13(9)26(21,22)20-15-19-18-14(25-15)8-4-5-11-12(6-8)24-7-23-11/h1-6H,7H2,(H,19,20). The minimum atomic E-state index is -4.11. The number of rotatable bonds is 4. The van der Waals surface area contributed by atoms with Gasteiger partial charge < -0.3 is 13.9 Å². The van der Waals surface area contributed by atoms with Crippen molar-refractivity contribution in [3.8, 4) is 23.0 Å². The van der Waals surface area contributed by atoms with Gasteiger partial charge in [-0.25, -0.2) is 13.1 Å². The second kappa shape index (κ2) is 6.35. The van der Waals surface area contributed by atoms with Gasteiger partial charge in [0.2, 0.25) is 12.7 Å². The van der Waals surface area contributed by atoms with E-state index in [-0.39, 0.29) is 33.6 Å². The number of hydrogen-bond donors (Lipinski definition) is 1. The average Bonchev–Trinajstić information content (AvgIpc) is 3.22. The van der Waals surface area contributed by atoms with E-state index in [4.69, 9.17) is 37.1 Å². The number of halogens is 2. The Morgan fingerprint density at radius 3 is 2.50 bits per heavy atom. The fourth-order valence-corrected chi connectivity index (χ4v) is 4.39. The normalized spacial score (nSPS) is 13.0. The molecule has 26 heavy (non-hydrogen) atoms. The highest BCUT2D eigenvalue weighted by Crippen LogP contribution is 2.36. The molecule has 1 N–H and O–H groups in total. The van der Waals surface area contributed by atoms with Gasteiger partial charge in [-0.3, -0.25) is 0 Å². The third-order valence-corrected chi connectivity index (χ3v) is 5.73. The fourth-order valence-electron chi connectivity index (χ4n) is 2.32. The zero-order chi connectivity index (χ0) is 18.3. The average molecular weight is 414 g/mol. The number of nitrogens with zero attached hydrogens (tertiary/aromatic N) is 2. The van der Waals surface area contributed by atoms with Crippen molar-refractivity contribution in [1.82, 2.24) is 10.2 Å². The van der Waals surface area contributed by atoms with Crippen LogP contribution in [-0.4, -0.2) is 25.4 Å². The van der Waals surface area contributed by atoms with Gasteiger partial charge in [-0.15, -0.1) is 5.10 Å². The van der Waals surface area contributed by atoms with Gasteiger partial charge in [0.25, 0.3) is 10.0 Å². The molecule has 0 radical (unpaired) electrons. The van der Waals surface area contributed by atoms with E-state index in [9.17, 15) is 8.42 Å². The summed E-state index contributed by atoms with van der Waals surface area (Å²) in [5, 5.41) is 7.47. The number of fused-ring (bicyclic) bond motifs is 1. The summed E-state index contributed by atoms with van der Waals surface area (Å²) in [6.45, 7) is 0.131. The van der Waals surface area contributed by atoms with Gasteiger partial charge in [0.1, 0.15) is 4.90 Å². The number of sulfonamides is 1. The second-order valence-electron chi connectivity index (χ2n) is 5.14. The minimum absolute atomic E-state index is 0.0273. The molecule has 0 bridgehead atoms. The molecule has 0 amide bonds. The third kappa shape index (κ3) is 3.05. The maximum Gasteiger partial charge on any atom is 0.330 e. The number of aromatic nitrogens is 2. The summed E-state index contributed by atoms with van der Waals surface area (Å²) in [5.74, 6) is 1.24. The van der Waals surface area contributed by atoms with Crippen LogP contribution in [-0.2, 0) is 10.0 Å². The van der Waals surface area contributed by atoms with E-state index in [1.165, 1.54) is 18.2 Å². The van der Waals surface area contributed by atoms with E-state index in [0.717, 1.165) is 0 Å². The van der Waals surface area contributed by atoms with Crippen LogP contribution in [0, 0.1) is 0 Å². The quantitative estimate of drug-likeness (QED) is 0.696. The van der Waals surface area contributed by atoms with Gasteiger partial charge in [0.05, 0.1) is 10.0 Å². The van der Waals surface area contributed by atoms with Crippen LogP contribution in [0.2, 0.25) is 10.0 Å². The number of anilines is 1. The lowest BCUT2D eigenvalue weighted by Crippen LogP contribution is -2.14. The van der Waals surface area contributed by atoms with Gasteiger partial charge in [-0.05, 0) is 30.3 Å². The van der Waals surface area contributed by atoms with Crippen molar-refractivity contribution in [2.45, 2.75) is 4.90 Å². The highest BCUT2D eigenvalue weighted by atomic mass is 35.5. The summed E-state index contributed by atoms with van der Waals surface area (Å²) >= 11 is 11.9. The van der Waals surface area contributed by atoms with Crippen LogP contribution in [0.4, 0.5) is 6.01 Å². The molecule has 134 valence electrons. The zero-order valence-electron chi connectivity index (χ0n) is 12.8. The smallest absolute Gasteiger partial charge is 0.330 e. The summed E-state index contributed by atoms with van der Waals surface area (Å²) in [6.07, 6.45) is 0. The van der Waals surface area contributed by atoms with Gasteiger partial charge in [-0.1, -0.05) is 34.4 Å². The van der Waals surface area contributed by atoms with Crippen LogP contribution >= 0.6 is 23.2 Å². The summed E-state index contributed by atoms with van der Waals surface area (Å²) < 4.78 is 43.0. The van der Waals surface area contributed by atoms with Crippen molar-refractivity contribution < 1.29 is 22.3 Å². The number of benzene rings is 2. The maximum atomic E-state index is 12.5. The number of nitrogens with one attached hydrogen (secondary N) is 1. The monoisotopic (exact) mass is 413 g/mol. The van der Waals surface area contributed by atoms with Crippen molar-refractivity contribution in [2.24, 2.45) is 0 Å². The molecule has 1 aliphatic rings. The SMILES string of the molecule is O=S(=O)(Nc1nnc(-c2ccc3c(c2)OCO3)o1)c1c(Cl)cccc1Cl. The summed E-state index contributed by atoms with van der Waals surface area (Å²) in [5.41, 5.74) is 0.544. The molecule has 0 unspecified atom stereocenters. The van der Waals surface area contributed by atoms with Crippen molar-refractivity contribution in [1.29, 1.82) is 0 Å². The Bertz CT molecular complexity index is 1080. The highest BCUT2D eigenvalue weighted by molar-refractivity contribution is 7.93. The number of hydrogen-bond acceptors (Lipinski definition) is 7. The Kier molecular flexibility index (Phi) is 4.14. The van der Waals surface area contributed by atoms with Gasteiger partial charge in [-0.2, -0.15) is 0 Å². The summed E-state index contributed by atoms with van der Waals surface area (Å²) in [4.78, 5) is -0.272. The first kappa shape index (κ1) is 17.0. The van der Waals surface area contributed by atoms with Crippen molar-refractivity contribution in [3.05, 3.63) is 46.4 Å². The second-order valence-corrected chi connectivity index (χ2v) is 7.57. The van der Waals surface area contributed by atoms with E-state index in [0.29, 0.717) is 17.1 Å². The summed E-state index contributed by atoms with van der Waals surface area (Å²) in [7, 11) is -4.11. The molecule has 0 fully saturated rings. The van der Waals surface area contributed by atoms with Crippen molar-refractivity contribution in [2.75, 3.05) is 11.5 Å². The molecule has 2 aromatic carbocycles. The molecule has 0 spiro atoms. The Balaban J connectivity index is 1.63. The predicted molar refractivity (Wildman–Crippen MR) is 93.1 cm³/mol. The molecule has 0 saturated carbocycles. The van der Waals surface area contributed by atoms with Crippen LogP contribution < -0.4 is 14.2 Å². The minimum Gasteiger partial charge on any atom is -0.454 e. The predicted octanol–water partition coefficient (Wildman–Crippen LogP) is 3.57. The van der Waals surface area contributed by atoms with E-state index in [1.54, 1.807) is 18.2 Å². The third-order valence-electron chi connectivity index (χ3n) is 3.45. The Hall–Kier alpha value is -2.49. The van der Waals surface area contributed by atoms with Crippen LogP contribution in [0.15, 0.2) is 45.7 Å². The lowest BCUT2D eigenvalue weighted by atomic mass is 10.2. The molecular formula is C15H9Cl2N3O5S. The van der Waals surface area contributed by atoms with E-state index in [1.807, 2.05) is 0 Å². The topological polar surface area (TPSA) is 104 Å². The maximum absolute atomic E-state index is 12.5. The Labute approximate surface area is 157 Å².